The SMILES string of the molecule is COC1CCCNC1CN(C)C. The lowest BCUT2D eigenvalue weighted by atomic mass is 10.0. The highest BCUT2D eigenvalue weighted by Crippen LogP contribution is 2.11. The molecule has 0 bridgehead atoms. The first-order valence-electron chi connectivity index (χ1n) is 4.65. The predicted octanol–water partition coefficient (Wildman–Crippen LogP) is 0.315. The smallest absolute Gasteiger partial charge is 0.0737 e. The molecule has 2 unspecified atom stereocenters. The molecular formula is C9H20N2O. The van der Waals surface area contributed by atoms with Gasteiger partial charge in [0.15, 0.2) is 0 Å². The molecule has 1 aliphatic rings. The predicted molar refractivity (Wildman–Crippen MR) is 50.4 cm³/mol. The van der Waals surface area contributed by atoms with Crippen LogP contribution in [0.2, 0.25) is 0 Å². The van der Waals surface area contributed by atoms with Crippen molar-refractivity contribution < 1.29 is 4.74 Å². The summed E-state index contributed by atoms with van der Waals surface area (Å²) in [5.74, 6) is 0. The van der Waals surface area contributed by atoms with Gasteiger partial charge in [-0.15, -0.1) is 0 Å². The quantitative estimate of drug-likeness (QED) is 0.663. The van der Waals surface area contributed by atoms with Crippen LogP contribution in [0.1, 0.15) is 12.8 Å². The molecule has 1 rings (SSSR count). The summed E-state index contributed by atoms with van der Waals surface area (Å²) < 4.78 is 5.42. The molecule has 0 aromatic heterocycles. The average molecular weight is 172 g/mol. The summed E-state index contributed by atoms with van der Waals surface area (Å²) in [6.07, 6.45) is 2.84. The van der Waals surface area contributed by atoms with Crippen molar-refractivity contribution in [3.63, 3.8) is 0 Å². The van der Waals surface area contributed by atoms with Gasteiger partial charge in [0.05, 0.1) is 6.10 Å². The van der Waals surface area contributed by atoms with Gasteiger partial charge in [-0.3, -0.25) is 0 Å². The Kier molecular flexibility index (Phi) is 3.98. The topological polar surface area (TPSA) is 24.5 Å². The van der Waals surface area contributed by atoms with E-state index in [9.17, 15) is 0 Å². The van der Waals surface area contributed by atoms with Crippen molar-refractivity contribution in [2.24, 2.45) is 0 Å². The summed E-state index contributed by atoms with van der Waals surface area (Å²) in [7, 11) is 6.01. The average Bonchev–Trinajstić information content (AvgIpc) is 2.04. The molecule has 0 aliphatic carbocycles. The number of ether oxygens (including phenoxy) is 1. The maximum absolute atomic E-state index is 5.42. The second-order valence-corrected chi connectivity index (χ2v) is 3.74. The summed E-state index contributed by atoms with van der Waals surface area (Å²) >= 11 is 0. The molecular weight excluding hydrogens is 152 g/mol. The number of nitrogens with zero attached hydrogens (tertiary/aromatic N) is 1. The Morgan fingerprint density at radius 3 is 2.83 bits per heavy atom. The fourth-order valence-electron chi connectivity index (χ4n) is 1.78. The van der Waals surface area contributed by atoms with Crippen molar-refractivity contribution in [2.45, 2.75) is 25.0 Å². The van der Waals surface area contributed by atoms with Gasteiger partial charge in [-0.25, -0.2) is 0 Å². The number of rotatable bonds is 3. The van der Waals surface area contributed by atoms with Crippen molar-refractivity contribution in [1.82, 2.24) is 10.2 Å². The first-order valence-corrected chi connectivity index (χ1v) is 4.65. The highest BCUT2D eigenvalue weighted by molar-refractivity contribution is 4.83. The third kappa shape index (κ3) is 2.73. The molecule has 72 valence electrons. The Bertz CT molecular complexity index is 128. The lowest BCUT2D eigenvalue weighted by Crippen LogP contribution is -2.50. The zero-order valence-electron chi connectivity index (χ0n) is 8.34. The molecule has 1 aliphatic heterocycles. The summed E-state index contributed by atoms with van der Waals surface area (Å²) in [4.78, 5) is 2.20. The van der Waals surface area contributed by atoms with Crippen molar-refractivity contribution in [1.29, 1.82) is 0 Å². The van der Waals surface area contributed by atoms with Crippen LogP contribution in [0.25, 0.3) is 0 Å². The van der Waals surface area contributed by atoms with Crippen molar-refractivity contribution in [2.75, 3.05) is 34.3 Å². The number of likely N-dealkylation sites (N-methyl/N-ethyl adjacent to an activating group) is 1. The molecule has 1 heterocycles. The van der Waals surface area contributed by atoms with Crippen molar-refractivity contribution in [3.05, 3.63) is 0 Å². The summed E-state index contributed by atoms with van der Waals surface area (Å²) in [5, 5.41) is 3.48. The zero-order chi connectivity index (χ0) is 8.97. The monoisotopic (exact) mass is 172 g/mol. The van der Waals surface area contributed by atoms with E-state index in [0.29, 0.717) is 12.1 Å². The van der Waals surface area contributed by atoms with Gasteiger partial charge in [0.25, 0.3) is 0 Å². The Balaban J connectivity index is 2.36. The lowest BCUT2D eigenvalue weighted by Gasteiger charge is -2.33. The van der Waals surface area contributed by atoms with Crippen LogP contribution >= 0.6 is 0 Å². The van der Waals surface area contributed by atoms with Gasteiger partial charge in [0.2, 0.25) is 0 Å². The number of piperidine rings is 1. The minimum absolute atomic E-state index is 0.404. The number of nitrogens with one attached hydrogen (secondary N) is 1. The van der Waals surface area contributed by atoms with Gasteiger partial charge in [-0.05, 0) is 33.5 Å². The van der Waals surface area contributed by atoms with Gasteiger partial charge in [0, 0.05) is 19.7 Å². The maximum atomic E-state index is 5.42. The van der Waals surface area contributed by atoms with E-state index in [1.807, 2.05) is 0 Å². The maximum Gasteiger partial charge on any atom is 0.0737 e. The zero-order valence-corrected chi connectivity index (χ0v) is 8.34. The molecule has 2 atom stereocenters. The van der Waals surface area contributed by atoms with E-state index in [-0.39, 0.29) is 0 Å². The number of hydrogen-bond acceptors (Lipinski definition) is 3. The van der Waals surface area contributed by atoms with E-state index in [4.69, 9.17) is 4.74 Å². The normalized spacial score (nSPS) is 31.0. The van der Waals surface area contributed by atoms with Crippen LogP contribution in [-0.4, -0.2) is 51.3 Å². The molecule has 1 N–H and O–H groups in total. The Morgan fingerprint density at radius 2 is 2.25 bits per heavy atom. The van der Waals surface area contributed by atoms with Crippen molar-refractivity contribution in [3.8, 4) is 0 Å². The number of hydrogen-bond donors (Lipinski definition) is 1. The Morgan fingerprint density at radius 1 is 1.50 bits per heavy atom. The van der Waals surface area contributed by atoms with Crippen LogP contribution in [0.15, 0.2) is 0 Å². The fourth-order valence-corrected chi connectivity index (χ4v) is 1.78. The fraction of sp³-hybridized carbons (Fsp3) is 1.00. The van der Waals surface area contributed by atoms with Crippen LogP contribution in [0, 0.1) is 0 Å². The Hall–Kier alpha value is -0.120. The van der Waals surface area contributed by atoms with E-state index >= 15 is 0 Å². The second kappa shape index (κ2) is 4.80. The van der Waals surface area contributed by atoms with E-state index in [1.165, 1.54) is 12.8 Å². The summed E-state index contributed by atoms with van der Waals surface area (Å²) in [5.41, 5.74) is 0. The van der Waals surface area contributed by atoms with Crippen LogP contribution < -0.4 is 5.32 Å². The summed E-state index contributed by atoms with van der Waals surface area (Å²) in [6, 6.07) is 0.513. The van der Waals surface area contributed by atoms with Crippen LogP contribution in [-0.2, 0) is 4.74 Å². The van der Waals surface area contributed by atoms with Gasteiger partial charge in [-0.1, -0.05) is 0 Å². The molecule has 0 aromatic carbocycles. The first-order chi connectivity index (χ1) is 5.74. The molecule has 12 heavy (non-hydrogen) atoms. The van der Waals surface area contributed by atoms with Crippen LogP contribution in [0.5, 0.6) is 0 Å². The van der Waals surface area contributed by atoms with E-state index in [0.717, 1.165) is 13.1 Å². The molecule has 0 spiro atoms. The minimum Gasteiger partial charge on any atom is -0.380 e. The third-order valence-electron chi connectivity index (χ3n) is 2.39. The van der Waals surface area contributed by atoms with Gasteiger partial charge in [-0.2, -0.15) is 0 Å². The largest absolute Gasteiger partial charge is 0.380 e. The third-order valence-corrected chi connectivity index (χ3v) is 2.39. The molecule has 0 radical (unpaired) electrons. The van der Waals surface area contributed by atoms with Crippen molar-refractivity contribution >= 4 is 0 Å². The molecule has 3 nitrogen and oxygen atoms in total. The van der Waals surface area contributed by atoms with E-state index < -0.39 is 0 Å². The molecule has 0 amide bonds. The molecule has 3 heteroatoms. The van der Waals surface area contributed by atoms with E-state index in [1.54, 1.807) is 7.11 Å². The van der Waals surface area contributed by atoms with Gasteiger partial charge < -0.3 is 15.0 Å². The molecule has 1 fully saturated rings. The van der Waals surface area contributed by atoms with Gasteiger partial charge in [0.1, 0.15) is 0 Å². The molecule has 0 saturated carbocycles. The lowest BCUT2D eigenvalue weighted by molar-refractivity contribution is 0.0372. The standard InChI is InChI=1S/C9H20N2O/c1-11(2)7-8-9(12-3)5-4-6-10-8/h8-10H,4-7H2,1-3H3. The molecule has 0 aromatic rings. The highest BCUT2D eigenvalue weighted by Gasteiger charge is 2.24. The molecule has 1 saturated heterocycles. The minimum atomic E-state index is 0.404. The van der Waals surface area contributed by atoms with Crippen LogP contribution in [0.3, 0.4) is 0 Å². The van der Waals surface area contributed by atoms with Gasteiger partial charge >= 0.3 is 0 Å². The van der Waals surface area contributed by atoms with E-state index in [2.05, 4.69) is 24.3 Å². The summed E-state index contributed by atoms with van der Waals surface area (Å²) in [6.45, 7) is 2.21. The van der Waals surface area contributed by atoms with Crippen LogP contribution in [0.4, 0.5) is 0 Å². The first kappa shape index (κ1) is 9.96. The Labute approximate surface area is 75.1 Å². The number of methoxy groups -OCH3 is 1. The second-order valence-electron chi connectivity index (χ2n) is 3.74. The highest BCUT2D eigenvalue weighted by atomic mass is 16.5.